The quantitative estimate of drug-likeness (QED) is 0.735. The van der Waals surface area contributed by atoms with E-state index in [0.717, 1.165) is 5.39 Å². The minimum absolute atomic E-state index is 0.287. The summed E-state index contributed by atoms with van der Waals surface area (Å²) in [7, 11) is 0. The molecule has 0 saturated heterocycles. The molecule has 0 fully saturated rings. The number of nitrogen functional groups attached to an aromatic ring is 1. The maximum Gasteiger partial charge on any atom is 0.152 e. The van der Waals surface area contributed by atoms with Crippen molar-refractivity contribution < 1.29 is 4.39 Å². The van der Waals surface area contributed by atoms with Crippen LogP contribution in [0.1, 0.15) is 25.8 Å². The summed E-state index contributed by atoms with van der Waals surface area (Å²) in [5.74, 6) is 0.0572. The Morgan fingerprint density at radius 1 is 1.19 bits per heavy atom. The topological polar surface area (TPSA) is 38.9 Å². The molecule has 0 atom stereocenters. The van der Waals surface area contributed by atoms with Gasteiger partial charge in [0.25, 0.3) is 0 Å². The van der Waals surface area contributed by atoms with Gasteiger partial charge in [0.2, 0.25) is 0 Å². The number of halogens is 1. The van der Waals surface area contributed by atoms with Gasteiger partial charge in [0, 0.05) is 5.39 Å². The maximum atomic E-state index is 13.5. The fourth-order valence-corrected chi connectivity index (χ4v) is 1.27. The van der Waals surface area contributed by atoms with Crippen LogP contribution >= 0.6 is 0 Å². The van der Waals surface area contributed by atoms with E-state index in [0.29, 0.717) is 16.9 Å². The van der Waals surface area contributed by atoms with Gasteiger partial charge in [-0.15, -0.1) is 0 Å². The third-order valence-electron chi connectivity index (χ3n) is 2.02. The summed E-state index contributed by atoms with van der Waals surface area (Å²) >= 11 is 0. The summed E-state index contributed by atoms with van der Waals surface area (Å²) < 4.78 is 13.5. The highest BCUT2D eigenvalue weighted by atomic mass is 19.1. The summed E-state index contributed by atoms with van der Waals surface area (Å²) in [6.45, 7) is 5.96. The number of aromatic nitrogens is 1. The van der Waals surface area contributed by atoms with Crippen LogP contribution in [0.15, 0.2) is 24.3 Å². The van der Waals surface area contributed by atoms with E-state index >= 15 is 0 Å². The fourth-order valence-electron chi connectivity index (χ4n) is 1.27. The minimum atomic E-state index is -0.287. The van der Waals surface area contributed by atoms with Gasteiger partial charge in [-0.3, -0.25) is 0 Å². The number of hydrogen-bond donors (Lipinski definition) is 1. The number of benzene rings is 1. The molecule has 0 amide bonds. The van der Waals surface area contributed by atoms with E-state index in [1.54, 1.807) is 25.1 Å². The van der Waals surface area contributed by atoms with Crippen molar-refractivity contribution in [2.75, 3.05) is 5.73 Å². The van der Waals surface area contributed by atoms with Crippen LogP contribution in [-0.2, 0) is 0 Å². The number of aryl methyl sites for hydroxylation is 1. The van der Waals surface area contributed by atoms with E-state index in [4.69, 9.17) is 5.73 Å². The predicted molar refractivity (Wildman–Crippen MR) is 66.8 cm³/mol. The standard InChI is InChI=1S/C10H9FN2.C3H8/c1-6-2-3-7-4-5-8(12)13-10(7)9(6)11;1-3-2/h2-5H,1H3,(H2,12,13);3H2,1-2H3. The van der Waals surface area contributed by atoms with Gasteiger partial charge in [0.1, 0.15) is 11.3 Å². The number of pyridine rings is 1. The Hall–Kier alpha value is -1.64. The van der Waals surface area contributed by atoms with E-state index < -0.39 is 0 Å². The Balaban J connectivity index is 0.000000386. The molecule has 16 heavy (non-hydrogen) atoms. The average Bonchev–Trinajstić information content (AvgIpc) is 2.25. The van der Waals surface area contributed by atoms with Gasteiger partial charge in [0.15, 0.2) is 5.82 Å². The number of anilines is 1. The lowest BCUT2D eigenvalue weighted by atomic mass is 10.1. The van der Waals surface area contributed by atoms with E-state index in [9.17, 15) is 4.39 Å². The first kappa shape index (κ1) is 12.4. The van der Waals surface area contributed by atoms with Crippen molar-refractivity contribution in [2.24, 2.45) is 0 Å². The smallest absolute Gasteiger partial charge is 0.152 e. The Labute approximate surface area is 95.3 Å². The molecule has 2 aromatic rings. The van der Waals surface area contributed by atoms with Crippen molar-refractivity contribution in [1.29, 1.82) is 0 Å². The average molecular weight is 220 g/mol. The molecule has 2 nitrogen and oxygen atoms in total. The Bertz CT molecular complexity index is 475. The summed E-state index contributed by atoms with van der Waals surface area (Å²) in [6.07, 6.45) is 1.25. The molecule has 86 valence electrons. The lowest BCUT2D eigenvalue weighted by Crippen LogP contribution is -1.93. The van der Waals surface area contributed by atoms with Crippen molar-refractivity contribution in [3.05, 3.63) is 35.6 Å². The zero-order chi connectivity index (χ0) is 12.1. The molecule has 1 aromatic heterocycles. The molecular weight excluding hydrogens is 203 g/mol. The molecule has 0 bridgehead atoms. The van der Waals surface area contributed by atoms with Gasteiger partial charge in [-0.25, -0.2) is 9.37 Å². The largest absolute Gasteiger partial charge is 0.384 e. The zero-order valence-electron chi connectivity index (χ0n) is 9.92. The molecule has 0 saturated carbocycles. The number of rotatable bonds is 0. The molecule has 0 aliphatic carbocycles. The SMILES string of the molecule is CCC.Cc1ccc2ccc(N)nc2c1F. The van der Waals surface area contributed by atoms with Crippen molar-refractivity contribution >= 4 is 16.7 Å². The lowest BCUT2D eigenvalue weighted by Gasteiger charge is -2.01. The van der Waals surface area contributed by atoms with Gasteiger partial charge in [-0.1, -0.05) is 32.4 Å². The zero-order valence-corrected chi connectivity index (χ0v) is 9.92. The Morgan fingerprint density at radius 2 is 1.75 bits per heavy atom. The second-order valence-corrected chi connectivity index (χ2v) is 3.71. The third-order valence-corrected chi connectivity index (χ3v) is 2.02. The molecule has 1 aromatic carbocycles. The van der Waals surface area contributed by atoms with Crippen LogP contribution in [0.4, 0.5) is 10.2 Å². The van der Waals surface area contributed by atoms with Gasteiger partial charge >= 0.3 is 0 Å². The highest BCUT2D eigenvalue weighted by molar-refractivity contribution is 5.81. The highest BCUT2D eigenvalue weighted by Crippen LogP contribution is 2.19. The number of nitrogens with zero attached hydrogens (tertiary/aromatic N) is 1. The van der Waals surface area contributed by atoms with Gasteiger partial charge in [0.05, 0.1) is 0 Å². The van der Waals surface area contributed by atoms with Crippen LogP contribution in [0, 0.1) is 12.7 Å². The van der Waals surface area contributed by atoms with Crippen LogP contribution in [0.2, 0.25) is 0 Å². The van der Waals surface area contributed by atoms with Crippen molar-refractivity contribution in [3.63, 3.8) is 0 Å². The number of fused-ring (bicyclic) bond motifs is 1. The second-order valence-electron chi connectivity index (χ2n) is 3.71. The molecule has 0 spiro atoms. The molecule has 0 unspecified atom stereocenters. The van der Waals surface area contributed by atoms with Crippen LogP contribution < -0.4 is 5.73 Å². The highest BCUT2D eigenvalue weighted by Gasteiger charge is 2.04. The number of nitrogens with two attached hydrogens (primary N) is 1. The molecule has 2 rings (SSSR count). The third kappa shape index (κ3) is 2.69. The van der Waals surface area contributed by atoms with Gasteiger partial charge < -0.3 is 5.73 Å². The van der Waals surface area contributed by atoms with Crippen molar-refractivity contribution in [1.82, 2.24) is 4.98 Å². The molecule has 1 heterocycles. The molecule has 2 N–H and O–H groups in total. The molecular formula is C13H17FN2. The molecule has 0 aliphatic heterocycles. The van der Waals surface area contributed by atoms with Crippen LogP contribution in [0.3, 0.4) is 0 Å². The van der Waals surface area contributed by atoms with E-state index in [1.807, 2.05) is 6.07 Å². The normalized spacial score (nSPS) is 9.75. The van der Waals surface area contributed by atoms with E-state index in [1.165, 1.54) is 6.42 Å². The maximum absolute atomic E-state index is 13.5. The van der Waals surface area contributed by atoms with E-state index in [2.05, 4.69) is 18.8 Å². The number of hydrogen-bond acceptors (Lipinski definition) is 2. The Morgan fingerprint density at radius 3 is 2.38 bits per heavy atom. The molecule has 0 aliphatic rings. The fraction of sp³-hybridized carbons (Fsp3) is 0.308. The van der Waals surface area contributed by atoms with Gasteiger partial charge in [-0.05, 0) is 24.6 Å². The molecule has 3 heteroatoms. The first-order valence-corrected chi connectivity index (χ1v) is 5.41. The molecule has 0 radical (unpaired) electrons. The van der Waals surface area contributed by atoms with Crippen molar-refractivity contribution in [3.8, 4) is 0 Å². The summed E-state index contributed by atoms with van der Waals surface area (Å²) in [5, 5.41) is 0.775. The van der Waals surface area contributed by atoms with E-state index in [-0.39, 0.29) is 5.82 Å². The van der Waals surface area contributed by atoms with Crippen LogP contribution in [0.5, 0.6) is 0 Å². The monoisotopic (exact) mass is 220 g/mol. The minimum Gasteiger partial charge on any atom is -0.384 e. The first-order chi connectivity index (χ1) is 7.60. The second kappa shape index (κ2) is 5.45. The summed E-state index contributed by atoms with van der Waals surface area (Å²) in [6, 6.07) is 6.99. The lowest BCUT2D eigenvalue weighted by molar-refractivity contribution is 0.628. The Kier molecular flexibility index (Phi) is 4.23. The summed E-state index contributed by atoms with van der Waals surface area (Å²) in [5.41, 5.74) is 6.40. The van der Waals surface area contributed by atoms with Crippen molar-refractivity contribution in [2.45, 2.75) is 27.2 Å². The first-order valence-electron chi connectivity index (χ1n) is 5.41. The van der Waals surface area contributed by atoms with Crippen LogP contribution in [-0.4, -0.2) is 4.98 Å². The van der Waals surface area contributed by atoms with Crippen LogP contribution in [0.25, 0.3) is 10.9 Å². The summed E-state index contributed by atoms with van der Waals surface area (Å²) in [4.78, 5) is 3.94. The van der Waals surface area contributed by atoms with Gasteiger partial charge in [-0.2, -0.15) is 0 Å². The predicted octanol–water partition coefficient (Wildman–Crippen LogP) is 3.68.